The van der Waals surface area contributed by atoms with Crippen LogP contribution in [-0.4, -0.2) is 66.9 Å². The molecule has 1 aromatic heterocycles. The predicted octanol–water partition coefficient (Wildman–Crippen LogP) is 3.28. The molecule has 1 N–H and O–H groups in total. The van der Waals surface area contributed by atoms with Crippen molar-refractivity contribution >= 4 is 29.1 Å². The number of rotatable bonds is 8. The van der Waals surface area contributed by atoms with Crippen LogP contribution in [0.15, 0.2) is 41.8 Å². The van der Waals surface area contributed by atoms with Crippen LogP contribution in [0.1, 0.15) is 46.7 Å². The van der Waals surface area contributed by atoms with Crippen LogP contribution in [0.5, 0.6) is 5.75 Å². The third kappa shape index (κ3) is 5.30. The van der Waals surface area contributed by atoms with Gasteiger partial charge in [-0.25, -0.2) is 0 Å². The molecule has 0 spiro atoms. The molecule has 1 aliphatic rings. The summed E-state index contributed by atoms with van der Waals surface area (Å²) < 4.78 is 5.33. The fraction of sp³-hybridized carbons (Fsp3) is 0.458. The van der Waals surface area contributed by atoms with Gasteiger partial charge < -0.3 is 19.9 Å². The van der Waals surface area contributed by atoms with Crippen LogP contribution in [-0.2, 0) is 4.79 Å². The molecular weight excluding hydrogens is 426 g/mol. The summed E-state index contributed by atoms with van der Waals surface area (Å²) in [7, 11) is 1.55. The van der Waals surface area contributed by atoms with Crippen LogP contribution in [0, 0.1) is 5.92 Å². The summed E-state index contributed by atoms with van der Waals surface area (Å²) in [5.74, 6) is 0.161. The molecule has 0 saturated carbocycles. The minimum Gasteiger partial charge on any atom is -0.496 e. The fourth-order valence-corrected chi connectivity index (χ4v) is 4.79. The van der Waals surface area contributed by atoms with E-state index in [1.54, 1.807) is 35.1 Å². The van der Waals surface area contributed by atoms with Gasteiger partial charge >= 0.3 is 0 Å². The Morgan fingerprint density at radius 1 is 1.12 bits per heavy atom. The van der Waals surface area contributed by atoms with Crippen molar-refractivity contribution in [3.8, 4) is 5.75 Å². The highest BCUT2D eigenvalue weighted by molar-refractivity contribution is 7.12. The Labute approximate surface area is 193 Å². The molecule has 8 heteroatoms. The molecule has 0 aliphatic carbocycles. The van der Waals surface area contributed by atoms with E-state index in [0.717, 1.165) is 0 Å². The second kappa shape index (κ2) is 11.1. The molecule has 2 heterocycles. The van der Waals surface area contributed by atoms with Crippen molar-refractivity contribution in [2.24, 2.45) is 5.92 Å². The zero-order valence-corrected chi connectivity index (χ0v) is 19.7. The summed E-state index contributed by atoms with van der Waals surface area (Å²) in [6.45, 7) is 6.11. The lowest BCUT2D eigenvalue weighted by Crippen LogP contribution is -2.54. The van der Waals surface area contributed by atoms with Crippen LogP contribution >= 0.6 is 11.3 Å². The third-order valence-electron chi connectivity index (χ3n) is 6.01. The molecule has 2 aromatic rings. The second-order valence-corrected chi connectivity index (χ2v) is 8.72. The SMILES string of the molecule is CCN(CC)C(=O)[C@H](NC(=O)c1cccs1)C1CCN(C(=O)c2ccccc2OC)CC1. The second-order valence-electron chi connectivity index (χ2n) is 7.77. The molecule has 1 aliphatic heterocycles. The first-order valence-electron chi connectivity index (χ1n) is 11.1. The number of benzene rings is 1. The first-order chi connectivity index (χ1) is 15.5. The standard InChI is InChI=1S/C24H31N3O4S/c1-4-26(5-2)24(30)21(25-22(28)20-11-8-16-32-20)17-12-14-27(15-13-17)23(29)18-9-6-7-10-19(18)31-3/h6-11,16-17,21H,4-5,12-15H2,1-3H3,(H,25,28)/t21-/m1/s1. The van der Waals surface area contributed by atoms with Gasteiger partial charge in [-0.2, -0.15) is 0 Å². The lowest BCUT2D eigenvalue weighted by Gasteiger charge is -2.37. The number of carbonyl (C=O) groups excluding carboxylic acids is 3. The highest BCUT2D eigenvalue weighted by Gasteiger charge is 2.36. The largest absolute Gasteiger partial charge is 0.496 e. The average Bonchev–Trinajstić information content (AvgIpc) is 3.38. The topological polar surface area (TPSA) is 79.0 Å². The van der Waals surface area contributed by atoms with E-state index in [1.807, 2.05) is 37.4 Å². The lowest BCUT2D eigenvalue weighted by molar-refractivity contribution is -0.134. The van der Waals surface area contributed by atoms with E-state index in [2.05, 4.69) is 5.32 Å². The minimum absolute atomic E-state index is 0.0336. The van der Waals surface area contributed by atoms with Gasteiger partial charge in [0.25, 0.3) is 11.8 Å². The maximum atomic E-state index is 13.2. The van der Waals surface area contributed by atoms with E-state index in [-0.39, 0.29) is 23.6 Å². The molecule has 0 bridgehead atoms. The summed E-state index contributed by atoms with van der Waals surface area (Å²) in [6, 6.07) is 10.2. The van der Waals surface area contributed by atoms with E-state index < -0.39 is 6.04 Å². The Bertz CT molecular complexity index is 919. The van der Waals surface area contributed by atoms with Crippen molar-refractivity contribution in [2.45, 2.75) is 32.7 Å². The summed E-state index contributed by atoms with van der Waals surface area (Å²) >= 11 is 1.35. The van der Waals surface area contributed by atoms with E-state index in [1.165, 1.54) is 11.3 Å². The number of likely N-dealkylation sites (N-methyl/N-ethyl adjacent to an activating group) is 1. The number of ether oxygens (including phenoxy) is 1. The fourth-order valence-electron chi connectivity index (χ4n) is 4.16. The van der Waals surface area contributed by atoms with Crippen LogP contribution < -0.4 is 10.1 Å². The molecule has 172 valence electrons. The monoisotopic (exact) mass is 457 g/mol. The lowest BCUT2D eigenvalue weighted by atomic mass is 9.88. The number of amides is 3. The van der Waals surface area contributed by atoms with E-state index in [4.69, 9.17) is 4.74 Å². The number of likely N-dealkylation sites (tertiary alicyclic amines) is 1. The van der Waals surface area contributed by atoms with Gasteiger partial charge in [0.15, 0.2) is 0 Å². The molecule has 0 unspecified atom stereocenters. The van der Waals surface area contributed by atoms with Crippen LogP contribution in [0.3, 0.4) is 0 Å². The van der Waals surface area contributed by atoms with Crippen LogP contribution in [0.4, 0.5) is 0 Å². The van der Waals surface area contributed by atoms with Gasteiger partial charge in [0.2, 0.25) is 5.91 Å². The molecule has 0 radical (unpaired) electrons. The minimum atomic E-state index is -0.604. The first kappa shape index (κ1) is 23.8. The number of piperidine rings is 1. The Morgan fingerprint density at radius 3 is 2.41 bits per heavy atom. The highest BCUT2D eigenvalue weighted by atomic mass is 32.1. The number of nitrogens with one attached hydrogen (secondary N) is 1. The molecular formula is C24H31N3O4S. The maximum absolute atomic E-state index is 13.2. The normalized spacial score (nSPS) is 15.2. The Kier molecular flexibility index (Phi) is 8.27. The Hall–Kier alpha value is -2.87. The zero-order valence-electron chi connectivity index (χ0n) is 18.9. The molecule has 1 fully saturated rings. The van der Waals surface area contributed by atoms with Crippen molar-refractivity contribution in [1.29, 1.82) is 0 Å². The van der Waals surface area contributed by atoms with Crippen molar-refractivity contribution < 1.29 is 19.1 Å². The molecule has 1 aromatic carbocycles. The summed E-state index contributed by atoms with van der Waals surface area (Å²) in [5.41, 5.74) is 0.537. The average molecular weight is 458 g/mol. The molecule has 1 atom stereocenters. The van der Waals surface area contributed by atoms with E-state index in [0.29, 0.717) is 55.2 Å². The van der Waals surface area contributed by atoms with Crippen molar-refractivity contribution in [3.63, 3.8) is 0 Å². The Balaban J connectivity index is 1.72. The third-order valence-corrected chi connectivity index (χ3v) is 6.88. The molecule has 7 nitrogen and oxygen atoms in total. The molecule has 3 amide bonds. The van der Waals surface area contributed by atoms with Crippen LogP contribution in [0.25, 0.3) is 0 Å². The summed E-state index contributed by atoms with van der Waals surface area (Å²) in [6.07, 6.45) is 1.28. The number of nitrogens with zero attached hydrogens (tertiary/aromatic N) is 2. The summed E-state index contributed by atoms with van der Waals surface area (Å²) in [5, 5.41) is 4.83. The van der Waals surface area contributed by atoms with E-state index >= 15 is 0 Å². The molecule has 32 heavy (non-hydrogen) atoms. The number of hydrogen-bond donors (Lipinski definition) is 1. The van der Waals surface area contributed by atoms with Gasteiger partial charge in [-0.15, -0.1) is 11.3 Å². The van der Waals surface area contributed by atoms with Gasteiger partial charge in [0.1, 0.15) is 11.8 Å². The highest BCUT2D eigenvalue weighted by Crippen LogP contribution is 2.26. The molecule has 1 saturated heterocycles. The molecule has 3 rings (SSSR count). The number of hydrogen-bond acceptors (Lipinski definition) is 5. The first-order valence-corrected chi connectivity index (χ1v) is 11.9. The van der Waals surface area contributed by atoms with Crippen molar-refractivity contribution in [2.75, 3.05) is 33.3 Å². The quantitative estimate of drug-likeness (QED) is 0.660. The van der Waals surface area contributed by atoms with Gasteiger partial charge in [-0.1, -0.05) is 18.2 Å². The zero-order chi connectivity index (χ0) is 23.1. The number of carbonyl (C=O) groups is 3. The number of methoxy groups -OCH3 is 1. The Morgan fingerprint density at radius 2 is 1.81 bits per heavy atom. The smallest absolute Gasteiger partial charge is 0.262 e. The number of para-hydroxylation sites is 1. The van der Waals surface area contributed by atoms with Gasteiger partial charge in [-0.3, -0.25) is 14.4 Å². The van der Waals surface area contributed by atoms with Gasteiger partial charge in [0, 0.05) is 26.2 Å². The van der Waals surface area contributed by atoms with Crippen molar-refractivity contribution in [3.05, 3.63) is 52.2 Å². The predicted molar refractivity (Wildman–Crippen MR) is 125 cm³/mol. The maximum Gasteiger partial charge on any atom is 0.262 e. The van der Waals surface area contributed by atoms with Gasteiger partial charge in [0.05, 0.1) is 17.6 Å². The van der Waals surface area contributed by atoms with Gasteiger partial charge in [-0.05, 0) is 56.2 Å². The number of thiophene rings is 1. The van der Waals surface area contributed by atoms with Crippen LogP contribution in [0.2, 0.25) is 0 Å². The van der Waals surface area contributed by atoms with Crippen molar-refractivity contribution in [1.82, 2.24) is 15.1 Å². The summed E-state index contributed by atoms with van der Waals surface area (Å²) in [4.78, 5) is 43.2. The van der Waals surface area contributed by atoms with E-state index in [9.17, 15) is 14.4 Å².